The van der Waals surface area contributed by atoms with E-state index in [4.69, 9.17) is 5.11 Å². The van der Waals surface area contributed by atoms with Crippen LogP contribution in [0.2, 0.25) is 0 Å². The minimum absolute atomic E-state index is 0.202. The van der Waals surface area contributed by atoms with Gasteiger partial charge < -0.3 is 14.8 Å². The molecule has 0 saturated heterocycles. The number of phenols is 1. The summed E-state index contributed by atoms with van der Waals surface area (Å²) in [7, 11) is 1.89. The van der Waals surface area contributed by atoms with Gasteiger partial charge in [0.1, 0.15) is 11.6 Å². The normalized spacial score (nSPS) is 12.6. The lowest BCUT2D eigenvalue weighted by Gasteiger charge is -2.10. The van der Waals surface area contributed by atoms with Crippen molar-refractivity contribution in [2.45, 2.75) is 12.5 Å². The van der Waals surface area contributed by atoms with Crippen LogP contribution >= 0.6 is 0 Å². The molecule has 4 heteroatoms. The third kappa shape index (κ3) is 2.23. The second-order valence-corrected chi connectivity index (χ2v) is 3.77. The first-order valence-electron chi connectivity index (χ1n) is 5.10. The monoisotopic (exact) mass is 218 g/mol. The highest BCUT2D eigenvalue weighted by Crippen LogP contribution is 2.19. The molecule has 0 aliphatic carbocycles. The van der Waals surface area contributed by atoms with E-state index in [0.717, 1.165) is 11.4 Å². The van der Waals surface area contributed by atoms with Crippen LogP contribution < -0.4 is 0 Å². The van der Waals surface area contributed by atoms with Crippen molar-refractivity contribution in [2.75, 3.05) is 0 Å². The molecule has 0 aliphatic rings. The van der Waals surface area contributed by atoms with Crippen molar-refractivity contribution < 1.29 is 10.2 Å². The predicted molar refractivity (Wildman–Crippen MR) is 60.0 cm³/mol. The molecule has 0 spiro atoms. The molecule has 1 unspecified atom stereocenters. The Kier molecular flexibility index (Phi) is 2.92. The lowest BCUT2D eigenvalue weighted by molar-refractivity contribution is 0.175. The summed E-state index contributed by atoms with van der Waals surface area (Å²) in [5.41, 5.74) is 0.779. The maximum absolute atomic E-state index is 9.97. The summed E-state index contributed by atoms with van der Waals surface area (Å²) in [6.07, 6.45) is 3.42. The third-order valence-electron chi connectivity index (χ3n) is 2.57. The molecule has 2 aromatic rings. The van der Waals surface area contributed by atoms with Crippen LogP contribution in [0.25, 0.3) is 0 Å². The number of phenolic OH excluding ortho intramolecular Hbond substituents is 1. The van der Waals surface area contributed by atoms with Gasteiger partial charge in [0.25, 0.3) is 0 Å². The molecule has 0 fully saturated rings. The lowest BCUT2D eigenvalue weighted by Crippen LogP contribution is -2.06. The van der Waals surface area contributed by atoms with Crippen molar-refractivity contribution in [1.82, 2.24) is 9.55 Å². The van der Waals surface area contributed by atoms with Crippen LogP contribution in [0, 0.1) is 0 Å². The molecule has 0 radical (unpaired) electrons. The van der Waals surface area contributed by atoms with Gasteiger partial charge in [-0.1, -0.05) is 12.1 Å². The molecular weight excluding hydrogens is 204 g/mol. The highest BCUT2D eigenvalue weighted by atomic mass is 16.3. The molecule has 0 bridgehead atoms. The highest BCUT2D eigenvalue weighted by Gasteiger charge is 2.11. The minimum atomic E-state index is -0.596. The Balaban J connectivity index is 2.11. The Morgan fingerprint density at radius 3 is 2.56 bits per heavy atom. The van der Waals surface area contributed by atoms with E-state index in [1.807, 2.05) is 17.8 Å². The average molecular weight is 218 g/mol. The minimum Gasteiger partial charge on any atom is -0.508 e. The van der Waals surface area contributed by atoms with Crippen molar-refractivity contribution in [1.29, 1.82) is 0 Å². The molecule has 1 aromatic heterocycles. The van der Waals surface area contributed by atoms with E-state index in [-0.39, 0.29) is 5.75 Å². The van der Waals surface area contributed by atoms with Crippen LogP contribution in [-0.2, 0) is 13.5 Å². The lowest BCUT2D eigenvalue weighted by atomic mass is 10.1. The number of aliphatic hydroxyl groups is 1. The van der Waals surface area contributed by atoms with Crippen molar-refractivity contribution in [3.05, 3.63) is 48.0 Å². The average Bonchev–Trinajstić information content (AvgIpc) is 2.65. The number of rotatable bonds is 3. The molecule has 1 atom stereocenters. The van der Waals surface area contributed by atoms with Gasteiger partial charge in [0, 0.05) is 25.9 Å². The van der Waals surface area contributed by atoms with Gasteiger partial charge in [-0.2, -0.15) is 0 Å². The summed E-state index contributed by atoms with van der Waals surface area (Å²) >= 11 is 0. The predicted octanol–water partition coefficient (Wildman–Crippen LogP) is 1.40. The summed E-state index contributed by atoms with van der Waals surface area (Å²) in [6.45, 7) is 0. The number of imidazole rings is 1. The van der Waals surface area contributed by atoms with Crippen LogP contribution in [-0.4, -0.2) is 19.8 Å². The van der Waals surface area contributed by atoms with E-state index >= 15 is 0 Å². The Morgan fingerprint density at radius 1 is 1.31 bits per heavy atom. The van der Waals surface area contributed by atoms with Crippen molar-refractivity contribution in [3.63, 3.8) is 0 Å². The summed E-state index contributed by atoms with van der Waals surface area (Å²) < 4.78 is 1.88. The Morgan fingerprint density at radius 2 is 2.00 bits per heavy atom. The molecule has 0 amide bonds. The van der Waals surface area contributed by atoms with E-state index in [1.54, 1.807) is 30.5 Å². The van der Waals surface area contributed by atoms with E-state index in [9.17, 15) is 5.11 Å². The first-order chi connectivity index (χ1) is 7.66. The first kappa shape index (κ1) is 10.7. The maximum Gasteiger partial charge on any atom is 0.115 e. The first-order valence-corrected chi connectivity index (χ1v) is 5.10. The quantitative estimate of drug-likeness (QED) is 0.818. The number of aromatic nitrogens is 2. The molecule has 16 heavy (non-hydrogen) atoms. The second kappa shape index (κ2) is 4.37. The highest BCUT2D eigenvalue weighted by molar-refractivity contribution is 5.27. The molecule has 1 heterocycles. The van der Waals surface area contributed by atoms with Crippen molar-refractivity contribution in [2.24, 2.45) is 7.05 Å². The fraction of sp³-hybridized carbons (Fsp3) is 0.250. The number of hydrogen-bond donors (Lipinski definition) is 2. The molecule has 2 rings (SSSR count). The molecule has 84 valence electrons. The van der Waals surface area contributed by atoms with Crippen LogP contribution in [0.4, 0.5) is 0 Å². The van der Waals surface area contributed by atoms with Crippen LogP contribution in [0.1, 0.15) is 17.5 Å². The van der Waals surface area contributed by atoms with Gasteiger partial charge >= 0.3 is 0 Å². The van der Waals surface area contributed by atoms with Crippen LogP contribution in [0.3, 0.4) is 0 Å². The van der Waals surface area contributed by atoms with E-state index in [0.29, 0.717) is 6.42 Å². The molecule has 1 aromatic carbocycles. The van der Waals surface area contributed by atoms with E-state index in [2.05, 4.69) is 4.98 Å². The van der Waals surface area contributed by atoms with Gasteiger partial charge in [-0.25, -0.2) is 4.98 Å². The molecule has 4 nitrogen and oxygen atoms in total. The number of benzene rings is 1. The topological polar surface area (TPSA) is 58.3 Å². The van der Waals surface area contributed by atoms with Gasteiger partial charge in [-0.05, 0) is 17.7 Å². The zero-order valence-corrected chi connectivity index (χ0v) is 9.04. The number of aryl methyl sites for hydroxylation is 1. The fourth-order valence-corrected chi connectivity index (χ4v) is 1.58. The standard InChI is InChI=1S/C12H14N2O2/c1-14-7-6-13-12(14)8-11(16)9-2-4-10(15)5-3-9/h2-7,11,15-16H,8H2,1H3. The van der Waals surface area contributed by atoms with Gasteiger partial charge in [-0.3, -0.25) is 0 Å². The number of nitrogens with zero attached hydrogens (tertiary/aromatic N) is 2. The third-order valence-corrected chi connectivity index (χ3v) is 2.57. The van der Waals surface area contributed by atoms with Gasteiger partial charge in [0.2, 0.25) is 0 Å². The zero-order chi connectivity index (χ0) is 11.5. The Bertz CT molecular complexity index is 462. The summed E-state index contributed by atoms with van der Waals surface area (Å²) in [5.74, 6) is 1.04. The molecule has 0 saturated carbocycles. The largest absolute Gasteiger partial charge is 0.508 e. The van der Waals surface area contributed by atoms with E-state index in [1.165, 1.54) is 0 Å². The Labute approximate surface area is 93.8 Å². The van der Waals surface area contributed by atoms with Crippen molar-refractivity contribution in [3.8, 4) is 5.75 Å². The summed E-state index contributed by atoms with van der Waals surface area (Å²) in [5, 5.41) is 19.1. The number of aliphatic hydroxyl groups excluding tert-OH is 1. The molecular formula is C12H14N2O2. The summed E-state index contributed by atoms with van der Waals surface area (Å²) in [6, 6.07) is 6.56. The number of aromatic hydroxyl groups is 1. The second-order valence-electron chi connectivity index (χ2n) is 3.77. The maximum atomic E-state index is 9.97. The van der Waals surface area contributed by atoms with Gasteiger partial charge in [0.15, 0.2) is 0 Å². The van der Waals surface area contributed by atoms with Gasteiger partial charge in [0.05, 0.1) is 6.10 Å². The Hall–Kier alpha value is -1.81. The van der Waals surface area contributed by atoms with Crippen LogP contribution in [0.5, 0.6) is 5.75 Å². The fourth-order valence-electron chi connectivity index (χ4n) is 1.58. The van der Waals surface area contributed by atoms with Crippen LogP contribution in [0.15, 0.2) is 36.7 Å². The van der Waals surface area contributed by atoms with Gasteiger partial charge in [-0.15, -0.1) is 0 Å². The molecule has 0 aliphatic heterocycles. The summed E-state index contributed by atoms with van der Waals surface area (Å²) in [4.78, 5) is 4.15. The smallest absolute Gasteiger partial charge is 0.115 e. The number of hydrogen-bond acceptors (Lipinski definition) is 3. The molecule has 2 N–H and O–H groups in total. The van der Waals surface area contributed by atoms with Crippen molar-refractivity contribution >= 4 is 0 Å². The van der Waals surface area contributed by atoms with E-state index < -0.39 is 6.10 Å². The zero-order valence-electron chi connectivity index (χ0n) is 9.04. The SMILES string of the molecule is Cn1ccnc1CC(O)c1ccc(O)cc1.